The molecule has 0 saturated heterocycles. The summed E-state index contributed by atoms with van der Waals surface area (Å²) < 4.78 is 13.0. The molecule has 2 heterocycles. The zero-order valence-corrected chi connectivity index (χ0v) is 18.8. The highest BCUT2D eigenvalue weighted by Gasteiger charge is 2.18. The quantitative estimate of drug-likeness (QED) is 0.366. The van der Waals surface area contributed by atoms with Gasteiger partial charge in [0.25, 0.3) is 5.91 Å². The molecule has 4 rings (SSSR count). The Kier molecular flexibility index (Phi) is 6.51. The van der Waals surface area contributed by atoms with Crippen molar-refractivity contribution in [2.24, 2.45) is 0 Å². The molecule has 0 aliphatic rings. The van der Waals surface area contributed by atoms with Crippen molar-refractivity contribution in [2.45, 2.75) is 13.5 Å². The van der Waals surface area contributed by atoms with Crippen molar-refractivity contribution >= 4 is 27.8 Å². The topological polar surface area (TPSA) is 86.4 Å². The molecule has 0 unspecified atom stereocenters. The van der Waals surface area contributed by atoms with Gasteiger partial charge in [0.1, 0.15) is 5.76 Å². The number of aromatic nitrogens is 2. The second kappa shape index (κ2) is 9.65. The third kappa shape index (κ3) is 4.81. The van der Waals surface area contributed by atoms with E-state index in [0.29, 0.717) is 23.6 Å². The lowest BCUT2D eigenvalue weighted by molar-refractivity contribution is 0.0519. The summed E-state index contributed by atoms with van der Waals surface area (Å²) in [6.07, 6.45) is 1.56. The molecule has 0 radical (unpaired) electrons. The highest BCUT2D eigenvalue weighted by atomic mass is 79.9. The first-order valence-corrected chi connectivity index (χ1v) is 10.8. The molecule has 0 fully saturated rings. The molecule has 162 valence electrons. The summed E-state index contributed by atoms with van der Waals surface area (Å²) in [4.78, 5) is 24.7. The Morgan fingerprint density at radius 3 is 2.50 bits per heavy atom. The smallest absolute Gasteiger partial charge is 0.358 e. The van der Waals surface area contributed by atoms with Crippen molar-refractivity contribution in [3.05, 3.63) is 94.5 Å². The van der Waals surface area contributed by atoms with Crippen LogP contribution in [0.2, 0.25) is 0 Å². The van der Waals surface area contributed by atoms with Crippen molar-refractivity contribution < 1.29 is 18.7 Å². The summed E-state index contributed by atoms with van der Waals surface area (Å²) in [6, 6.07) is 20.0. The number of halogens is 1. The lowest BCUT2D eigenvalue weighted by Gasteiger charge is -2.09. The van der Waals surface area contributed by atoms with E-state index < -0.39 is 5.97 Å². The molecule has 1 N–H and O–H groups in total. The fourth-order valence-corrected chi connectivity index (χ4v) is 3.41. The number of hydrogen-bond donors (Lipinski definition) is 1. The maximum atomic E-state index is 12.4. The van der Waals surface area contributed by atoms with Gasteiger partial charge >= 0.3 is 5.97 Å². The predicted molar refractivity (Wildman–Crippen MR) is 123 cm³/mol. The molecule has 2 aromatic carbocycles. The van der Waals surface area contributed by atoms with Crippen LogP contribution in [0, 0.1) is 0 Å². The first kappa shape index (κ1) is 21.6. The van der Waals surface area contributed by atoms with Gasteiger partial charge in [-0.3, -0.25) is 4.79 Å². The Morgan fingerprint density at radius 2 is 1.84 bits per heavy atom. The molecule has 32 heavy (non-hydrogen) atoms. The number of amides is 1. The number of carbonyl (C=O) groups is 2. The van der Waals surface area contributed by atoms with Crippen molar-refractivity contribution in [3.8, 4) is 16.9 Å². The average Bonchev–Trinajstić information content (AvgIpc) is 3.49. The number of carbonyl (C=O) groups excluding carboxylic acids is 2. The second-order valence-electron chi connectivity index (χ2n) is 6.86. The third-order valence-corrected chi connectivity index (χ3v) is 5.24. The molecule has 0 saturated carbocycles. The molecule has 0 spiro atoms. The van der Waals surface area contributed by atoms with Crippen LogP contribution in [0.25, 0.3) is 16.9 Å². The molecular weight excluding hydrogens is 474 g/mol. The van der Waals surface area contributed by atoms with Gasteiger partial charge in [-0.2, -0.15) is 5.10 Å². The average molecular weight is 494 g/mol. The van der Waals surface area contributed by atoms with E-state index in [0.717, 1.165) is 15.7 Å². The van der Waals surface area contributed by atoms with E-state index in [1.54, 1.807) is 60.3 Å². The van der Waals surface area contributed by atoms with Gasteiger partial charge in [-0.15, -0.1) is 0 Å². The van der Waals surface area contributed by atoms with Crippen molar-refractivity contribution in [3.63, 3.8) is 0 Å². The van der Waals surface area contributed by atoms with E-state index in [1.165, 1.54) is 0 Å². The maximum Gasteiger partial charge on any atom is 0.358 e. The fraction of sp³-hybridized carbons (Fsp3) is 0.125. The van der Waals surface area contributed by atoms with E-state index in [4.69, 9.17) is 9.15 Å². The standard InChI is InChI=1S/C24H20BrN3O4/c1-2-31-24(30)21-14-22(16-5-9-18(25)10-6-16)28(27-21)19-11-7-17(8-12-19)23(29)26-15-20-4-3-13-32-20/h3-14H,2,15H2,1H3,(H,26,29). The molecule has 8 heteroatoms. The van der Waals surface area contributed by atoms with Crippen molar-refractivity contribution in [1.29, 1.82) is 0 Å². The van der Waals surface area contributed by atoms with E-state index >= 15 is 0 Å². The number of furan rings is 1. The van der Waals surface area contributed by atoms with Gasteiger partial charge in [0.2, 0.25) is 0 Å². The van der Waals surface area contributed by atoms with Gasteiger partial charge in [0, 0.05) is 15.6 Å². The van der Waals surface area contributed by atoms with Crippen LogP contribution in [0.4, 0.5) is 0 Å². The SMILES string of the molecule is CCOC(=O)c1cc(-c2ccc(Br)cc2)n(-c2ccc(C(=O)NCc3ccco3)cc2)n1. The summed E-state index contributed by atoms with van der Waals surface area (Å²) in [6.45, 7) is 2.32. The Hall–Kier alpha value is -3.65. The van der Waals surface area contributed by atoms with E-state index in [9.17, 15) is 9.59 Å². The van der Waals surface area contributed by atoms with Crippen LogP contribution in [-0.4, -0.2) is 28.3 Å². The summed E-state index contributed by atoms with van der Waals surface area (Å²) in [7, 11) is 0. The molecule has 7 nitrogen and oxygen atoms in total. The Balaban J connectivity index is 1.62. The van der Waals surface area contributed by atoms with Crippen LogP contribution in [0.1, 0.15) is 33.5 Å². The summed E-state index contributed by atoms with van der Waals surface area (Å²) >= 11 is 3.44. The summed E-state index contributed by atoms with van der Waals surface area (Å²) in [5.41, 5.74) is 3.04. The second-order valence-corrected chi connectivity index (χ2v) is 7.78. The lowest BCUT2D eigenvalue weighted by Crippen LogP contribution is -2.22. The molecule has 4 aromatic rings. The largest absolute Gasteiger partial charge is 0.467 e. The summed E-state index contributed by atoms with van der Waals surface area (Å²) in [5.74, 6) is -0.0237. The van der Waals surface area contributed by atoms with Gasteiger partial charge < -0.3 is 14.5 Å². The zero-order chi connectivity index (χ0) is 22.5. The Labute approximate surface area is 193 Å². The van der Waals surface area contributed by atoms with Gasteiger partial charge in [0.15, 0.2) is 5.69 Å². The predicted octanol–water partition coefficient (Wildman–Crippen LogP) is 5.00. The zero-order valence-electron chi connectivity index (χ0n) is 17.2. The van der Waals surface area contributed by atoms with Gasteiger partial charge in [-0.25, -0.2) is 9.48 Å². The highest BCUT2D eigenvalue weighted by Crippen LogP contribution is 2.26. The minimum atomic E-state index is -0.487. The number of hydrogen-bond acceptors (Lipinski definition) is 5. The van der Waals surface area contributed by atoms with Gasteiger partial charge in [0.05, 0.1) is 30.8 Å². The molecule has 0 atom stereocenters. The fourth-order valence-electron chi connectivity index (χ4n) is 3.15. The van der Waals surface area contributed by atoms with Crippen LogP contribution >= 0.6 is 15.9 Å². The van der Waals surface area contributed by atoms with Crippen LogP contribution in [-0.2, 0) is 11.3 Å². The summed E-state index contributed by atoms with van der Waals surface area (Å²) in [5, 5.41) is 7.28. The van der Waals surface area contributed by atoms with E-state index in [1.807, 2.05) is 24.3 Å². The van der Waals surface area contributed by atoms with E-state index in [2.05, 4.69) is 26.3 Å². The number of nitrogens with one attached hydrogen (secondary N) is 1. The van der Waals surface area contributed by atoms with Crippen LogP contribution in [0.5, 0.6) is 0 Å². The monoisotopic (exact) mass is 493 g/mol. The molecule has 1 amide bonds. The van der Waals surface area contributed by atoms with Gasteiger partial charge in [-0.05, 0) is 61.5 Å². The number of nitrogens with zero attached hydrogens (tertiary/aromatic N) is 2. The normalized spacial score (nSPS) is 10.7. The Morgan fingerprint density at radius 1 is 1.09 bits per heavy atom. The lowest BCUT2D eigenvalue weighted by atomic mass is 10.1. The van der Waals surface area contributed by atoms with E-state index in [-0.39, 0.29) is 18.2 Å². The van der Waals surface area contributed by atoms with Gasteiger partial charge in [-0.1, -0.05) is 28.1 Å². The highest BCUT2D eigenvalue weighted by molar-refractivity contribution is 9.10. The third-order valence-electron chi connectivity index (χ3n) is 4.71. The molecule has 0 aliphatic carbocycles. The molecule has 2 aromatic heterocycles. The Bertz CT molecular complexity index is 1210. The molecule has 0 bridgehead atoms. The van der Waals surface area contributed by atoms with Crippen molar-refractivity contribution in [1.82, 2.24) is 15.1 Å². The number of rotatable bonds is 7. The van der Waals surface area contributed by atoms with Crippen LogP contribution in [0.3, 0.4) is 0 Å². The molecule has 0 aliphatic heterocycles. The number of benzene rings is 2. The first-order chi connectivity index (χ1) is 15.5. The van der Waals surface area contributed by atoms with Crippen LogP contribution < -0.4 is 5.32 Å². The molecular formula is C24H20BrN3O4. The first-order valence-electron chi connectivity index (χ1n) is 9.99. The maximum absolute atomic E-state index is 12.4. The number of ether oxygens (including phenoxy) is 1. The van der Waals surface area contributed by atoms with Crippen molar-refractivity contribution in [2.75, 3.05) is 6.61 Å². The van der Waals surface area contributed by atoms with Crippen LogP contribution in [0.15, 0.2) is 81.9 Å². The minimum absolute atomic E-state index is 0.213. The minimum Gasteiger partial charge on any atom is -0.467 e. The number of esters is 1.